The van der Waals surface area contributed by atoms with E-state index in [-0.39, 0.29) is 0 Å². The van der Waals surface area contributed by atoms with Crippen LogP contribution in [-0.4, -0.2) is 44.9 Å². The Kier molecular flexibility index (Phi) is 9.86. The molecule has 158 valence electrons. The summed E-state index contributed by atoms with van der Waals surface area (Å²) in [5.41, 5.74) is 2.13. The summed E-state index contributed by atoms with van der Waals surface area (Å²) in [7, 11) is 3.29. The van der Waals surface area contributed by atoms with Crippen LogP contribution in [0.2, 0.25) is 0 Å². The Morgan fingerprint density at radius 2 is 1.79 bits per heavy atom. The van der Waals surface area contributed by atoms with Gasteiger partial charge in [0.1, 0.15) is 0 Å². The Hall–Kier alpha value is -2.73. The van der Waals surface area contributed by atoms with Gasteiger partial charge in [0.15, 0.2) is 17.5 Å². The fourth-order valence-electron chi connectivity index (χ4n) is 3.02. The number of aliphatic imine (C=N–C) groups is 1. The Morgan fingerprint density at radius 1 is 1.03 bits per heavy atom. The van der Waals surface area contributed by atoms with Crippen LogP contribution in [0, 0.1) is 0 Å². The third kappa shape index (κ3) is 7.66. The monoisotopic (exact) mass is 399 g/mol. The van der Waals surface area contributed by atoms with Crippen LogP contribution in [0.4, 0.5) is 0 Å². The van der Waals surface area contributed by atoms with Gasteiger partial charge in [0.2, 0.25) is 0 Å². The minimum Gasteiger partial charge on any atom is -0.493 e. The van der Waals surface area contributed by atoms with Crippen LogP contribution in [0.5, 0.6) is 11.5 Å². The molecular formula is C23H33N3O3. The van der Waals surface area contributed by atoms with Gasteiger partial charge >= 0.3 is 0 Å². The third-order valence-electron chi connectivity index (χ3n) is 4.58. The largest absolute Gasteiger partial charge is 0.493 e. The number of methoxy groups -OCH3 is 2. The maximum Gasteiger partial charge on any atom is 0.191 e. The van der Waals surface area contributed by atoms with Crippen LogP contribution >= 0.6 is 0 Å². The normalized spacial score (nSPS) is 12.3. The molecule has 0 saturated heterocycles. The summed E-state index contributed by atoms with van der Waals surface area (Å²) in [4.78, 5) is 4.63. The first kappa shape index (κ1) is 22.6. The number of hydrogen-bond donors (Lipinski definition) is 3. The fourth-order valence-corrected chi connectivity index (χ4v) is 3.02. The lowest BCUT2D eigenvalue weighted by Crippen LogP contribution is -2.38. The molecule has 0 aliphatic carbocycles. The number of aryl methyl sites for hydroxylation is 1. The van der Waals surface area contributed by atoms with Crippen molar-refractivity contribution in [2.75, 3.05) is 33.9 Å². The number of benzene rings is 2. The highest BCUT2D eigenvalue weighted by Gasteiger charge is 2.07. The Bertz CT molecular complexity index is 750. The van der Waals surface area contributed by atoms with E-state index in [1.54, 1.807) is 14.2 Å². The number of nitrogens with zero attached hydrogens (tertiary/aromatic N) is 1. The molecule has 0 fully saturated rings. The molecule has 6 heteroatoms. The van der Waals surface area contributed by atoms with E-state index in [9.17, 15) is 5.11 Å². The van der Waals surface area contributed by atoms with E-state index >= 15 is 0 Å². The Morgan fingerprint density at radius 3 is 2.48 bits per heavy atom. The second-order valence-electron chi connectivity index (χ2n) is 6.70. The van der Waals surface area contributed by atoms with Gasteiger partial charge in [0.25, 0.3) is 0 Å². The summed E-state index contributed by atoms with van der Waals surface area (Å²) in [6.07, 6.45) is 1.99. The number of aliphatic hydroxyl groups is 1. The maximum atomic E-state index is 10.3. The zero-order valence-corrected chi connectivity index (χ0v) is 17.6. The molecule has 0 aliphatic heterocycles. The molecule has 0 heterocycles. The zero-order valence-electron chi connectivity index (χ0n) is 17.6. The van der Waals surface area contributed by atoms with E-state index in [1.165, 1.54) is 5.56 Å². The van der Waals surface area contributed by atoms with E-state index in [2.05, 4.69) is 21.7 Å². The predicted molar refractivity (Wildman–Crippen MR) is 118 cm³/mol. The van der Waals surface area contributed by atoms with Gasteiger partial charge in [0.05, 0.1) is 20.3 Å². The Balaban J connectivity index is 1.78. The van der Waals surface area contributed by atoms with Gasteiger partial charge in [-0.2, -0.15) is 0 Å². The minimum atomic E-state index is -0.475. The molecule has 6 nitrogen and oxygen atoms in total. The highest BCUT2D eigenvalue weighted by Crippen LogP contribution is 2.27. The van der Waals surface area contributed by atoms with Gasteiger partial charge in [-0.15, -0.1) is 0 Å². The van der Waals surface area contributed by atoms with Gasteiger partial charge in [-0.3, -0.25) is 4.99 Å². The summed E-state index contributed by atoms with van der Waals surface area (Å²) in [5.74, 6) is 2.27. The lowest BCUT2D eigenvalue weighted by atomic mass is 10.1. The smallest absolute Gasteiger partial charge is 0.191 e. The summed E-state index contributed by atoms with van der Waals surface area (Å²) in [6, 6.07) is 15.7. The molecule has 2 aromatic carbocycles. The van der Waals surface area contributed by atoms with E-state index < -0.39 is 6.10 Å². The topological polar surface area (TPSA) is 75.1 Å². The van der Waals surface area contributed by atoms with E-state index in [0.29, 0.717) is 19.5 Å². The molecule has 0 aliphatic rings. The van der Waals surface area contributed by atoms with Crippen molar-refractivity contribution in [3.8, 4) is 11.5 Å². The second-order valence-corrected chi connectivity index (χ2v) is 6.70. The molecule has 0 radical (unpaired) electrons. The Labute approximate surface area is 174 Å². The van der Waals surface area contributed by atoms with Crippen molar-refractivity contribution in [2.24, 2.45) is 4.99 Å². The van der Waals surface area contributed by atoms with Crippen molar-refractivity contribution in [1.29, 1.82) is 0 Å². The molecule has 0 saturated carbocycles. The quantitative estimate of drug-likeness (QED) is 0.307. The molecule has 3 N–H and O–H groups in total. The molecule has 29 heavy (non-hydrogen) atoms. The van der Waals surface area contributed by atoms with Gasteiger partial charge in [-0.05, 0) is 49.4 Å². The molecule has 1 atom stereocenters. The molecular weight excluding hydrogens is 366 g/mol. The predicted octanol–water partition coefficient (Wildman–Crippen LogP) is 3.32. The highest BCUT2D eigenvalue weighted by atomic mass is 16.5. The molecule has 2 rings (SSSR count). The highest BCUT2D eigenvalue weighted by molar-refractivity contribution is 5.79. The van der Waals surface area contributed by atoms with Crippen LogP contribution in [0.25, 0.3) is 0 Å². The van der Waals surface area contributed by atoms with Crippen LogP contribution in [0.15, 0.2) is 53.5 Å². The standard InChI is InChI=1S/C23H33N3O3/c1-4-24-23(26-16-14-20(27)19-10-6-5-7-11-19)25-15-8-9-18-12-13-21(28-2)22(17-18)29-3/h5-7,10-13,17,20,27H,4,8-9,14-16H2,1-3H3,(H2,24,25,26). The fraction of sp³-hybridized carbons (Fsp3) is 0.435. The maximum absolute atomic E-state index is 10.3. The summed E-state index contributed by atoms with van der Waals surface area (Å²) >= 11 is 0. The number of aliphatic hydroxyl groups excluding tert-OH is 1. The van der Waals surface area contributed by atoms with E-state index in [0.717, 1.165) is 42.4 Å². The first-order chi connectivity index (χ1) is 14.2. The van der Waals surface area contributed by atoms with Crippen molar-refractivity contribution < 1.29 is 14.6 Å². The van der Waals surface area contributed by atoms with Crippen molar-refractivity contribution >= 4 is 5.96 Å². The van der Waals surface area contributed by atoms with Crippen molar-refractivity contribution in [1.82, 2.24) is 10.6 Å². The van der Waals surface area contributed by atoms with Gasteiger partial charge in [-0.25, -0.2) is 0 Å². The van der Waals surface area contributed by atoms with Gasteiger partial charge < -0.3 is 25.2 Å². The molecule has 0 spiro atoms. The minimum absolute atomic E-state index is 0.475. The van der Waals surface area contributed by atoms with Crippen LogP contribution in [0.3, 0.4) is 0 Å². The van der Waals surface area contributed by atoms with Crippen LogP contribution in [0.1, 0.15) is 37.0 Å². The second kappa shape index (κ2) is 12.7. The molecule has 0 aromatic heterocycles. The van der Waals surface area contributed by atoms with Crippen molar-refractivity contribution in [3.05, 3.63) is 59.7 Å². The average molecular weight is 400 g/mol. The first-order valence-electron chi connectivity index (χ1n) is 10.1. The average Bonchev–Trinajstić information content (AvgIpc) is 2.76. The molecule has 0 bridgehead atoms. The number of nitrogens with one attached hydrogen (secondary N) is 2. The molecule has 1 unspecified atom stereocenters. The van der Waals surface area contributed by atoms with E-state index in [1.807, 2.05) is 49.4 Å². The number of guanidine groups is 1. The number of ether oxygens (including phenoxy) is 2. The number of rotatable bonds is 11. The van der Waals surface area contributed by atoms with Crippen LogP contribution < -0.4 is 20.1 Å². The first-order valence-corrected chi connectivity index (χ1v) is 10.1. The lowest BCUT2D eigenvalue weighted by molar-refractivity contribution is 0.168. The van der Waals surface area contributed by atoms with Crippen molar-refractivity contribution in [3.63, 3.8) is 0 Å². The van der Waals surface area contributed by atoms with Crippen molar-refractivity contribution in [2.45, 2.75) is 32.3 Å². The SMILES string of the molecule is CCNC(=NCCCc1ccc(OC)c(OC)c1)NCCC(O)c1ccccc1. The third-order valence-corrected chi connectivity index (χ3v) is 4.58. The molecule has 0 amide bonds. The van der Waals surface area contributed by atoms with E-state index in [4.69, 9.17) is 9.47 Å². The lowest BCUT2D eigenvalue weighted by Gasteiger charge is -2.14. The van der Waals surface area contributed by atoms with Crippen LogP contribution in [-0.2, 0) is 6.42 Å². The summed E-state index contributed by atoms with van der Waals surface area (Å²) in [6.45, 7) is 4.20. The van der Waals surface area contributed by atoms with Gasteiger partial charge in [0, 0.05) is 19.6 Å². The summed E-state index contributed by atoms with van der Waals surface area (Å²) in [5, 5.41) is 16.8. The van der Waals surface area contributed by atoms with Gasteiger partial charge in [-0.1, -0.05) is 36.4 Å². The summed E-state index contributed by atoms with van der Waals surface area (Å²) < 4.78 is 10.6. The molecule has 2 aromatic rings. The zero-order chi connectivity index (χ0) is 20.9. The number of hydrogen-bond acceptors (Lipinski definition) is 4.